The van der Waals surface area contributed by atoms with Crippen LogP contribution in [0.5, 0.6) is 0 Å². The van der Waals surface area contributed by atoms with E-state index in [0.29, 0.717) is 25.4 Å². The van der Waals surface area contributed by atoms with Gasteiger partial charge in [-0.3, -0.25) is 9.59 Å². The van der Waals surface area contributed by atoms with Gasteiger partial charge in [-0.05, 0) is 39.7 Å². The maximum Gasteiger partial charge on any atom is 0.308 e. The first-order valence-corrected chi connectivity index (χ1v) is 15.3. The van der Waals surface area contributed by atoms with E-state index in [-0.39, 0.29) is 37.3 Å². The van der Waals surface area contributed by atoms with E-state index >= 15 is 0 Å². The number of hydrogen-bond donors (Lipinski definition) is 0. The van der Waals surface area contributed by atoms with Crippen LogP contribution in [0.15, 0.2) is 11.0 Å². The number of carbonyl (C=O) groups excluding carboxylic acids is 1. The Morgan fingerprint density at radius 1 is 1.27 bits per heavy atom. The average molecular weight is 479 g/mol. The number of hydrogen-bond acceptors (Lipinski definition) is 8. The molecule has 1 aromatic heterocycles. The van der Waals surface area contributed by atoms with Crippen molar-refractivity contribution in [2.45, 2.75) is 84.1 Å². The zero-order valence-corrected chi connectivity index (χ0v) is 21.8. The highest BCUT2D eigenvalue weighted by molar-refractivity contribution is 6.76. The van der Waals surface area contributed by atoms with E-state index in [2.05, 4.69) is 30.8 Å². The lowest BCUT2D eigenvalue weighted by Crippen LogP contribution is -2.37. The van der Waals surface area contributed by atoms with E-state index in [9.17, 15) is 14.9 Å². The summed E-state index contributed by atoms with van der Waals surface area (Å²) >= 11 is 0. The second-order valence-corrected chi connectivity index (χ2v) is 16.2. The summed E-state index contributed by atoms with van der Waals surface area (Å²) < 4.78 is 17.9. The first-order chi connectivity index (χ1) is 15.4. The predicted octanol–water partition coefficient (Wildman–Crippen LogP) is 3.14. The van der Waals surface area contributed by atoms with Crippen LogP contribution in [-0.4, -0.2) is 61.8 Å². The van der Waals surface area contributed by atoms with Gasteiger partial charge in [0.1, 0.15) is 24.0 Å². The summed E-state index contributed by atoms with van der Waals surface area (Å²) in [5.74, 6) is -0.294. The Morgan fingerprint density at radius 2 is 2.00 bits per heavy atom. The van der Waals surface area contributed by atoms with Gasteiger partial charge in [-0.2, -0.15) is 10.4 Å². The Kier molecular flexibility index (Phi) is 9.64. The van der Waals surface area contributed by atoms with Gasteiger partial charge >= 0.3 is 5.97 Å². The third-order valence-corrected chi connectivity index (χ3v) is 6.92. The molecule has 33 heavy (non-hydrogen) atoms. The van der Waals surface area contributed by atoms with Crippen molar-refractivity contribution in [3.05, 3.63) is 22.1 Å². The zero-order valence-electron chi connectivity index (χ0n) is 20.8. The van der Waals surface area contributed by atoms with Gasteiger partial charge in [0.25, 0.3) is 5.56 Å². The van der Waals surface area contributed by atoms with Gasteiger partial charge in [0.05, 0.1) is 37.6 Å². The van der Waals surface area contributed by atoms with Gasteiger partial charge < -0.3 is 19.1 Å². The quantitative estimate of drug-likeness (QED) is 0.271. The Labute approximate surface area is 197 Å². The molecule has 2 heterocycles. The minimum Gasteiger partial charge on any atom is -0.460 e. The minimum absolute atomic E-state index is 0.0146. The molecule has 0 unspecified atom stereocenters. The summed E-state index contributed by atoms with van der Waals surface area (Å²) in [6.45, 7) is 14.3. The highest BCUT2D eigenvalue weighted by Crippen LogP contribution is 2.26. The van der Waals surface area contributed by atoms with Gasteiger partial charge in [-0.15, -0.1) is 0 Å². The number of carbonyl (C=O) groups is 1. The van der Waals surface area contributed by atoms with Crippen molar-refractivity contribution >= 4 is 19.7 Å². The number of nitrogens with zero attached hydrogens (tertiary/aromatic N) is 4. The SMILES string of the molecule is CC(C)(C)OC(=O)CCOC[C@@H]1CCCN1c1cnn(COCC[Si](C)(C)C)c(=O)c1C#N. The van der Waals surface area contributed by atoms with Crippen molar-refractivity contribution in [3.63, 3.8) is 0 Å². The van der Waals surface area contributed by atoms with E-state index in [1.54, 1.807) is 6.20 Å². The monoisotopic (exact) mass is 478 g/mol. The van der Waals surface area contributed by atoms with Crippen molar-refractivity contribution in [1.29, 1.82) is 5.26 Å². The maximum absolute atomic E-state index is 12.8. The summed E-state index contributed by atoms with van der Waals surface area (Å²) in [5.41, 5.74) is -0.363. The van der Waals surface area contributed by atoms with Crippen molar-refractivity contribution < 1.29 is 19.0 Å². The highest BCUT2D eigenvalue weighted by Gasteiger charge is 2.29. The van der Waals surface area contributed by atoms with Crippen LogP contribution in [0.3, 0.4) is 0 Å². The van der Waals surface area contributed by atoms with Crippen molar-refractivity contribution in [1.82, 2.24) is 9.78 Å². The number of aromatic nitrogens is 2. The fourth-order valence-corrected chi connectivity index (χ4v) is 4.27. The molecular formula is C23H38N4O5Si. The largest absolute Gasteiger partial charge is 0.460 e. The van der Waals surface area contributed by atoms with Gasteiger partial charge in [-0.25, -0.2) is 4.68 Å². The Morgan fingerprint density at radius 3 is 2.64 bits per heavy atom. The Bertz CT molecular complexity index is 898. The van der Waals surface area contributed by atoms with Crippen LogP contribution in [-0.2, 0) is 25.7 Å². The molecule has 1 atom stereocenters. The predicted molar refractivity (Wildman–Crippen MR) is 129 cm³/mol. The molecule has 0 amide bonds. The van der Waals surface area contributed by atoms with Crippen LogP contribution >= 0.6 is 0 Å². The number of esters is 1. The van der Waals surface area contributed by atoms with Crippen molar-refractivity contribution in [2.24, 2.45) is 0 Å². The third-order valence-electron chi connectivity index (χ3n) is 5.21. The second-order valence-electron chi connectivity index (χ2n) is 10.6. The average Bonchev–Trinajstić information content (AvgIpc) is 3.15. The summed E-state index contributed by atoms with van der Waals surface area (Å²) in [5, 5.41) is 13.9. The molecule has 1 fully saturated rings. The molecule has 1 aliphatic heterocycles. The van der Waals surface area contributed by atoms with E-state index in [4.69, 9.17) is 14.2 Å². The lowest BCUT2D eigenvalue weighted by Gasteiger charge is -2.27. The Balaban J connectivity index is 1.96. The second kappa shape index (κ2) is 11.8. The molecule has 0 N–H and O–H groups in total. The highest BCUT2D eigenvalue weighted by atomic mass is 28.3. The van der Waals surface area contributed by atoms with Crippen LogP contribution in [0.1, 0.15) is 45.6 Å². The van der Waals surface area contributed by atoms with Crippen LogP contribution in [0.25, 0.3) is 0 Å². The molecule has 1 saturated heterocycles. The lowest BCUT2D eigenvalue weighted by atomic mass is 10.2. The van der Waals surface area contributed by atoms with Gasteiger partial charge in [0.2, 0.25) is 0 Å². The van der Waals surface area contributed by atoms with Gasteiger partial charge in [0.15, 0.2) is 0 Å². The minimum atomic E-state index is -1.22. The summed E-state index contributed by atoms with van der Waals surface area (Å²) in [7, 11) is -1.22. The first-order valence-electron chi connectivity index (χ1n) is 11.6. The van der Waals surface area contributed by atoms with E-state index in [1.165, 1.54) is 4.68 Å². The maximum atomic E-state index is 12.8. The number of rotatable bonds is 11. The molecule has 9 nitrogen and oxygen atoms in total. The number of ether oxygens (including phenoxy) is 3. The molecule has 0 bridgehead atoms. The van der Waals surface area contributed by atoms with Gasteiger partial charge in [-0.1, -0.05) is 19.6 Å². The molecule has 10 heteroatoms. The van der Waals surface area contributed by atoms with E-state index in [1.807, 2.05) is 25.7 Å². The van der Waals surface area contributed by atoms with Crippen LogP contribution < -0.4 is 10.5 Å². The standard InChI is InChI=1S/C23H38N4O5Si/c1-23(2,3)32-21(28)9-11-30-16-18-8-7-10-26(18)20-15-25-27(22(29)19(20)14-24)17-31-12-13-33(4,5)6/h15,18H,7-13,16-17H2,1-6H3/t18-/m0/s1. The van der Waals surface area contributed by atoms with Crippen molar-refractivity contribution in [2.75, 3.05) is 31.3 Å². The van der Waals surface area contributed by atoms with Crippen molar-refractivity contribution in [3.8, 4) is 6.07 Å². The molecular weight excluding hydrogens is 440 g/mol. The van der Waals surface area contributed by atoms with E-state index < -0.39 is 19.2 Å². The molecule has 0 spiro atoms. The molecule has 184 valence electrons. The summed E-state index contributed by atoms with van der Waals surface area (Å²) in [6, 6.07) is 3.06. The van der Waals surface area contributed by atoms with Crippen LogP contribution in [0.2, 0.25) is 25.7 Å². The van der Waals surface area contributed by atoms with Crippen LogP contribution in [0.4, 0.5) is 5.69 Å². The Hall–Kier alpha value is -2.22. The molecule has 1 aliphatic rings. The summed E-state index contributed by atoms with van der Waals surface area (Å²) in [6.07, 6.45) is 3.55. The molecule has 0 radical (unpaired) electrons. The molecule has 1 aromatic rings. The third kappa shape index (κ3) is 8.91. The molecule has 0 aliphatic carbocycles. The van der Waals surface area contributed by atoms with Crippen LogP contribution in [0, 0.1) is 11.3 Å². The smallest absolute Gasteiger partial charge is 0.308 e. The first kappa shape index (κ1) is 27.0. The fraction of sp³-hybridized carbons (Fsp3) is 0.739. The topological polar surface area (TPSA) is 107 Å². The molecule has 0 saturated carbocycles. The fourth-order valence-electron chi connectivity index (χ4n) is 3.52. The molecule has 2 rings (SSSR count). The number of nitriles is 1. The van der Waals surface area contributed by atoms with E-state index in [0.717, 1.165) is 18.9 Å². The molecule has 0 aromatic carbocycles. The normalized spacial score (nSPS) is 16.6. The number of anilines is 1. The summed E-state index contributed by atoms with van der Waals surface area (Å²) in [4.78, 5) is 26.7. The van der Waals surface area contributed by atoms with Gasteiger partial charge in [0, 0.05) is 21.2 Å². The zero-order chi connectivity index (χ0) is 24.6. The lowest BCUT2D eigenvalue weighted by molar-refractivity contribution is -0.156.